The summed E-state index contributed by atoms with van der Waals surface area (Å²) in [7, 11) is 0. The van der Waals surface area contributed by atoms with E-state index >= 15 is 0 Å². The highest BCUT2D eigenvalue weighted by Gasteiger charge is 2.10. The zero-order valence-corrected chi connectivity index (χ0v) is 15.1. The number of rotatable bonds is 6. The molecule has 6 heteroatoms. The van der Waals surface area contributed by atoms with Crippen LogP contribution in [0.5, 0.6) is 11.8 Å². The number of hydrogen-bond donors (Lipinski definition) is 1. The highest BCUT2D eigenvalue weighted by atomic mass is 19.1. The number of nitrogens with zero attached hydrogens (tertiary/aromatic N) is 2. The largest absolute Gasteiger partial charge is 0.424 e. The predicted octanol–water partition coefficient (Wildman–Crippen LogP) is 4.60. The van der Waals surface area contributed by atoms with E-state index in [9.17, 15) is 9.18 Å². The van der Waals surface area contributed by atoms with Crippen molar-refractivity contribution in [3.63, 3.8) is 0 Å². The minimum Gasteiger partial charge on any atom is -0.424 e. The number of carbonyl (C=O) groups is 1. The van der Waals surface area contributed by atoms with Crippen molar-refractivity contribution < 1.29 is 13.9 Å². The molecule has 1 amide bonds. The zero-order chi connectivity index (χ0) is 19.2. The lowest BCUT2D eigenvalue weighted by Gasteiger charge is -2.12. The van der Waals surface area contributed by atoms with E-state index in [1.54, 1.807) is 24.5 Å². The Morgan fingerprint density at radius 2 is 1.81 bits per heavy atom. The lowest BCUT2D eigenvalue weighted by molar-refractivity contribution is 0.0939. The summed E-state index contributed by atoms with van der Waals surface area (Å²) in [6.45, 7) is 3.99. The van der Waals surface area contributed by atoms with Crippen molar-refractivity contribution in [3.8, 4) is 22.9 Å². The lowest BCUT2D eigenvalue weighted by Crippen LogP contribution is -2.31. The molecule has 1 aromatic heterocycles. The molecule has 3 rings (SSSR count). The van der Waals surface area contributed by atoms with Crippen LogP contribution in [0.1, 0.15) is 30.6 Å². The third-order valence-electron chi connectivity index (χ3n) is 4.10. The van der Waals surface area contributed by atoms with E-state index in [-0.39, 0.29) is 23.8 Å². The minimum absolute atomic E-state index is 0.108. The predicted molar refractivity (Wildman–Crippen MR) is 101 cm³/mol. The molecule has 1 heterocycles. The molecule has 0 bridgehead atoms. The van der Waals surface area contributed by atoms with Crippen molar-refractivity contribution in [2.45, 2.75) is 26.3 Å². The number of hydrogen-bond acceptors (Lipinski definition) is 4. The zero-order valence-electron chi connectivity index (χ0n) is 15.1. The van der Waals surface area contributed by atoms with Crippen molar-refractivity contribution >= 4 is 5.91 Å². The Kier molecular flexibility index (Phi) is 5.76. The summed E-state index contributed by atoms with van der Waals surface area (Å²) in [6, 6.07) is 13.2. The average Bonchev–Trinajstić information content (AvgIpc) is 2.70. The van der Waals surface area contributed by atoms with E-state index in [2.05, 4.69) is 15.3 Å². The van der Waals surface area contributed by atoms with Crippen LogP contribution in [0.3, 0.4) is 0 Å². The summed E-state index contributed by atoms with van der Waals surface area (Å²) in [6.07, 6.45) is 4.11. The number of halogens is 1. The van der Waals surface area contributed by atoms with Gasteiger partial charge in [-0.05, 0) is 55.3 Å². The number of ether oxygens (including phenoxy) is 1. The Morgan fingerprint density at radius 3 is 2.48 bits per heavy atom. The van der Waals surface area contributed by atoms with E-state index in [4.69, 9.17) is 4.74 Å². The first-order chi connectivity index (χ1) is 13.0. The molecular formula is C21H20FN3O2. The van der Waals surface area contributed by atoms with Gasteiger partial charge in [0.25, 0.3) is 5.91 Å². The highest BCUT2D eigenvalue weighted by molar-refractivity contribution is 5.95. The summed E-state index contributed by atoms with van der Waals surface area (Å²) in [5, 5.41) is 2.95. The second-order valence-corrected chi connectivity index (χ2v) is 6.17. The monoisotopic (exact) mass is 365 g/mol. The van der Waals surface area contributed by atoms with Gasteiger partial charge in [-0.3, -0.25) is 4.79 Å². The second-order valence-electron chi connectivity index (χ2n) is 6.17. The smallest absolute Gasteiger partial charge is 0.321 e. The van der Waals surface area contributed by atoms with Crippen LogP contribution in [0, 0.1) is 5.82 Å². The maximum absolute atomic E-state index is 12.9. The Bertz CT molecular complexity index is 911. The summed E-state index contributed by atoms with van der Waals surface area (Å²) in [5.74, 6) is 0.00658. The first kappa shape index (κ1) is 18.5. The quantitative estimate of drug-likeness (QED) is 0.693. The van der Waals surface area contributed by atoms with Crippen LogP contribution in [0.15, 0.2) is 60.9 Å². The van der Waals surface area contributed by atoms with Gasteiger partial charge in [-0.2, -0.15) is 0 Å². The number of carbonyl (C=O) groups excluding carboxylic acids is 1. The second kappa shape index (κ2) is 8.40. The summed E-state index contributed by atoms with van der Waals surface area (Å²) in [5.41, 5.74) is 2.18. The van der Waals surface area contributed by atoms with Crippen molar-refractivity contribution in [1.29, 1.82) is 0 Å². The van der Waals surface area contributed by atoms with E-state index in [1.807, 2.05) is 26.0 Å². The van der Waals surface area contributed by atoms with Gasteiger partial charge in [0.15, 0.2) is 0 Å². The number of aromatic nitrogens is 2. The lowest BCUT2D eigenvalue weighted by atomic mass is 10.1. The molecule has 2 aromatic carbocycles. The molecule has 1 N–H and O–H groups in total. The van der Waals surface area contributed by atoms with Crippen LogP contribution in [0.2, 0.25) is 0 Å². The fourth-order valence-electron chi connectivity index (χ4n) is 2.38. The molecule has 0 unspecified atom stereocenters. The fourth-order valence-corrected chi connectivity index (χ4v) is 2.38. The van der Waals surface area contributed by atoms with Gasteiger partial charge >= 0.3 is 6.01 Å². The minimum atomic E-state index is -0.337. The molecule has 1 atom stereocenters. The third-order valence-corrected chi connectivity index (χ3v) is 4.10. The molecule has 27 heavy (non-hydrogen) atoms. The van der Waals surface area contributed by atoms with Gasteiger partial charge in [0.1, 0.15) is 11.6 Å². The first-order valence-electron chi connectivity index (χ1n) is 8.72. The highest BCUT2D eigenvalue weighted by Crippen LogP contribution is 2.22. The average molecular weight is 365 g/mol. The molecule has 0 saturated heterocycles. The SMILES string of the molecule is CC[C@H](C)NC(=O)c1cccc(-c2cnc(Oc3ccc(F)cc3)nc2)c1. The van der Waals surface area contributed by atoms with E-state index in [0.717, 1.165) is 17.5 Å². The molecule has 5 nitrogen and oxygen atoms in total. The van der Waals surface area contributed by atoms with Crippen LogP contribution in [-0.4, -0.2) is 21.9 Å². The van der Waals surface area contributed by atoms with Gasteiger partial charge in [-0.1, -0.05) is 19.1 Å². The molecular weight excluding hydrogens is 345 g/mol. The van der Waals surface area contributed by atoms with E-state index in [1.165, 1.54) is 24.3 Å². The molecule has 0 fully saturated rings. The number of nitrogens with one attached hydrogen (secondary N) is 1. The topological polar surface area (TPSA) is 64.1 Å². The third kappa shape index (κ3) is 4.88. The fraction of sp³-hybridized carbons (Fsp3) is 0.190. The Morgan fingerprint density at radius 1 is 1.11 bits per heavy atom. The van der Waals surface area contributed by atoms with Crippen LogP contribution in [0.25, 0.3) is 11.1 Å². The molecule has 3 aromatic rings. The van der Waals surface area contributed by atoms with Gasteiger partial charge in [-0.25, -0.2) is 14.4 Å². The van der Waals surface area contributed by atoms with Gasteiger partial charge < -0.3 is 10.1 Å². The number of amides is 1. The Labute approximate surface area is 157 Å². The van der Waals surface area contributed by atoms with E-state index < -0.39 is 0 Å². The van der Waals surface area contributed by atoms with Crippen LogP contribution >= 0.6 is 0 Å². The van der Waals surface area contributed by atoms with Crippen LogP contribution in [0.4, 0.5) is 4.39 Å². The molecule has 0 saturated carbocycles. The molecule has 0 aliphatic carbocycles. The molecule has 0 aliphatic heterocycles. The summed E-state index contributed by atoms with van der Waals surface area (Å²) >= 11 is 0. The Hall–Kier alpha value is -3.28. The van der Waals surface area contributed by atoms with Gasteiger partial charge in [0.05, 0.1) is 0 Å². The first-order valence-corrected chi connectivity index (χ1v) is 8.72. The molecule has 138 valence electrons. The summed E-state index contributed by atoms with van der Waals surface area (Å²) in [4.78, 5) is 20.7. The molecule has 0 spiro atoms. The summed E-state index contributed by atoms with van der Waals surface area (Å²) < 4.78 is 18.4. The van der Waals surface area contributed by atoms with Gasteiger partial charge in [0.2, 0.25) is 0 Å². The standard InChI is InChI=1S/C21H20FN3O2/c1-3-14(2)25-20(26)16-6-4-5-15(11-16)17-12-23-21(24-13-17)27-19-9-7-18(22)8-10-19/h4-14H,3H2,1-2H3,(H,25,26)/t14-/m0/s1. The van der Waals surface area contributed by atoms with Crippen molar-refractivity contribution in [1.82, 2.24) is 15.3 Å². The van der Waals surface area contributed by atoms with Crippen LogP contribution in [-0.2, 0) is 0 Å². The van der Waals surface area contributed by atoms with E-state index in [0.29, 0.717) is 11.3 Å². The van der Waals surface area contributed by atoms with Crippen LogP contribution < -0.4 is 10.1 Å². The van der Waals surface area contributed by atoms with Crippen molar-refractivity contribution in [2.75, 3.05) is 0 Å². The number of benzene rings is 2. The van der Waals surface area contributed by atoms with Gasteiger partial charge in [-0.15, -0.1) is 0 Å². The molecule has 0 radical (unpaired) electrons. The Balaban J connectivity index is 1.74. The van der Waals surface area contributed by atoms with Crippen molar-refractivity contribution in [2.24, 2.45) is 0 Å². The molecule has 0 aliphatic rings. The maximum atomic E-state index is 12.9. The maximum Gasteiger partial charge on any atom is 0.321 e. The normalized spacial score (nSPS) is 11.7. The van der Waals surface area contributed by atoms with Crippen molar-refractivity contribution in [3.05, 3.63) is 72.3 Å². The van der Waals surface area contributed by atoms with Gasteiger partial charge in [0, 0.05) is 29.6 Å².